The van der Waals surface area contributed by atoms with Gasteiger partial charge in [0.1, 0.15) is 5.75 Å². The maximum absolute atomic E-state index is 5.83. The lowest BCUT2D eigenvalue weighted by atomic mass is 10.2. The van der Waals surface area contributed by atoms with Gasteiger partial charge < -0.3 is 25.3 Å². The zero-order chi connectivity index (χ0) is 14.4. The Kier molecular flexibility index (Phi) is 4.81. The lowest BCUT2D eigenvalue weighted by Gasteiger charge is -2.20. The van der Waals surface area contributed by atoms with Crippen LogP contribution in [0, 0.1) is 0 Å². The summed E-state index contributed by atoms with van der Waals surface area (Å²) in [6, 6.07) is 7.48. The smallest absolute Gasteiger partial charge is 0.193 e. The maximum Gasteiger partial charge on any atom is 0.193 e. The molecular weight excluding hydrogens is 258 g/mol. The minimum atomic E-state index is -0.524. The third kappa shape index (κ3) is 4.11. The summed E-state index contributed by atoms with van der Waals surface area (Å²) in [5.41, 5.74) is 6.70. The molecule has 0 atom stereocenters. The third-order valence-corrected chi connectivity index (χ3v) is 3.11. The first-order chi connectivity index (χ1) is 9.61. The van der Waals surface area contributed by atoms with Gasteiger partial charge in [-0.1, -0.05) is 0 Å². The number of aliphatic imine (C=N–C) groups is 1. The predicted octanol–water partition coefficient (Wildman–Crippen LogP) is 1.57. The second-order valence-electron chi connectivity index (χ2n) is 4.70. The Labute approximate surface area is 118 Å². The SMILES string of the molecule is COc1ccc(NC(N)=NCCC2(C)OCCO2)cc1. The minimum absolute atomic E-state index is 0.372. The summed E-state index contributed by atoms with van der Waals surface area (Å²) < 4.78 is 16.1. The van der Waals surface area contributed by atoms with Crippen LogP contribution >= 0.6 is 0 Å². The number of hydrogen-bond donors (Lipinski definition) is 2. The molecule has 2 rings (SSSR count). The summed E-state index contributed by atoms with van der Waals surface area (Å²) in [6.07, 6.45) is 0.679. The van der Waals surface area contributed by atoms with Crippen LogP contribution in [-0.2, 0) is 9.47 Å². The van der Waals surface area contributed by atoms with Crippen LogP contribution in [0.3, 0.4) is 0 Å². The van der Waals surface area contributed by atoms with Crippen molar-refractivity contribution in [2.45, 2.75) is 19.1 Å². The van der Waals surface area contributed by atoms with Crippen LogP contribution in [-0.4, -0.2) is 38.6 Å². The van der Waals surface area contributed by atoms with Crippen LogP contribution in [0.1, 0.15) is 13.3 Å². The standard InChI is InChI=1S/C14H21N3O3/c1-14(19-9-10-20-14)7-8-16-13(15)17-11-3-5-12(18-2)6-4-11/h3-6H,7-10H2,1-2H3,(H3,15,16,17). The Morgan fingerprint density at radius 3 is 2.60 bits per heavy atom. The van der Waals surface area contributed by atoms with Gasteiger partial charge in [-0.2, -0.15) is 0 Å². The molecule has 1 aliphatic rings. The molecule has 0 unspecified atom stereocenters. The monoisotopic (exact) mass is 279 g/mol. The summed E-state index contributed by atoms with van der Waals surface area (Å²) in [4.78, 5) is 4.26. The number of nitrogens with zero attached hydrogens (tertiary/aromatic N) is 1. The molecule has 0 radical (unpaired) electrons. The molecule has 1 aromatic rings. The van der Waals surface area contributed by atoms with E-state index in [1.54, 1.807) is 7.11 Å². The molecule has 0 saturated carbocycles. The van der Waals surface area contributed by atoms with Gasteiger partial charge in [-0.3, -0.25) is 4.99 Å². The number of methoxy groups -OCH3 is 1. The highest BCUT2D eigenvalue weighted by atomic mass is 16.7. The lowest BCUT2D eigenvalue weighted by molar-refractivity contribution is -0.144. The van der Waals surface area contributed by atoms with E-state index in [9.17, 15) is 0 Å². The largest absolute Gasteiger partial charge is 0.497 e. The average molecular weight is 279 g/mol. The fourth-order valence-electron chi connectivity index (χ4n) is 1.94. The molecule has 1 saturated heterocycles. The Balaban J connectivity index is 1.81. The quantitative estimate of drug-likeness (QED) is 0.632. The van der Waals surface area contributed by atoms with Gasteiger partial charge in [-0.25, -0.2) is 0 Å². The Morgan fingerprint density at radius 2 is 2.00 bits per heavy atom. The highest BCUT2D eigenvalue weighted by Crippen LogP contribution is 2.22. The summed E-state index contributed by atoms with van der Waals surface area (Å²) in [6.45, 7) is 3.74. The van der Waals surface area contributed by atoms with Gasteiger partial charge in [0.15, 0.2) is 11.7 Å². The van der Waals surface area contributed by atoms with Crippen LogP contribution < -0.4 is 15.8 Å². The van der Waals surface area contributed by atoms with Crippen molar-refractivity contribution < 1.29 is 14.2 Å². The summed E-state index contributed by atoms with van der Waals surface area (Å²) in [5.74, 6) is 0.649. The number of nitrogens with one attached hydrogen (secondary N) is 1. The number of rotatable bonds is 5. The van der Waals surface area contributed by atoms with Gasteiger partial charge in [0.05, 0.1) is 20.3 Å². The zero-order valence-corrected chi connectivity index (χ0v) is 11.9. The highest BCUT2D eigenvalue weighted by molar-refractivity contribution is 5.92. The Hall–Kier alpha value is -1.79. The first kappa shape index (κ1) is 14.6. The van der Waals surface area contributed by atoms with Gasteiger partial charge >= 0.3 is 0 Å². The van der Waals surface area contributed by atoms with Crippen molar-refractivity contribution in [3.05, 3.63) is 24.3 Å². The first-order valence-corrected chi connectivity index (χ1v) is 6.60. The molecule has 1 fully saturated rings. The van der Waals surface area contributed by atoms with Crippen LogP contribution in [0.2, 0.25) is 0 Å². The maximum atomic E-state index is 5.83. The molecular formula is C14H21N3O3. The lowest BCUT2D eigenvalue weighted by Crippen LogP contribution is -2.28. The van der Waals surface area contributed by atoms with Crippen molar-refractivity contribution in [1.29, 1.82) is 0 Å². The molecule has 6 heteroatoms. The molecule has 0 spiro atoms. The Morgan fingerprint density at radius 1 is 1.35 bits per heavy atom. The molecule has 0 bridgehead atoms. The van der Waals surface area contributed by atoms with Crippen molar-refractivity contribution in [2.75, 3.05) is 32.2 Å². The third-order valence-electron chi connectivity index (χ3n) is 3.11. The topological polar surface area (TPSA) is 78.1 Å². The van der Waals surface area contributed by atoms with Gasteiger partial charge in [-0.05, 0) is 31.2 Å². The van der Waals surface area contributed by atoms with E-state index in [1.165, 1.54) is 0 Å². The number of anilines is 1. The van der Waals surface area contributed by atoms with Crippen LogP contribution in [0.5, 0.6) is 5.75 Å². The number of hydrogen-bond acceptors (Lipinski definition) is 4. The van der Waals surface area contributed by atoms with E-state index in [0.29, 0.717) is 32.1 Å². The van der Waals surface area contributed by atoms with E-state index in [-0.39, 0.29) is 0 Å². The van der Waals surface area contributed by atoms with Crippen molar-refractivity contribution >= 4 is 11.6 Å². The first-order valence-electron chi connectivity index (χ1n) is 6.60. The van der Waals surface area contributed by atoms with Gasteiger partial charge in [0.25, 0.3) is 0 Å². The van der Waals surface area contributed by atoms with Crippen LogP contribution in [0.4, 0.5) is 5.69 Å². The van der Waals surface area contributed by atoms with Crippen molar-refractivity contribution in [1.82, 2.24) is 0 Å². The average Bonchev–Trinajstić information content (AvgIpc) is 2.86. The molecule has 1 heterocycles. The van der Waals surface area contributed by atoms with Gasteiger partial charge in [0, 0.05) is 18.7 Å². The molecule has 110 valence electrons. The molecule has 0 amide bonds. The Bertz CT molecular complexity index is 453. The number of benzene rings is 1. The second kappa shape index (κ2) is 6.58. The van der Waals surface area contributed by atoms with Crippen molar-refractivity contribution in [3.8, 4) is 5.75 Å². The zero-order valence-electron chi connectivity index (χ0n) is 11.9. The normalized spacial score (nSPS) is 18.0. The molecule has 3 N–H and O–H groups in total. The van der Waals surface area contributed by atoms with Crippen LogP contribution in [0.25, 0.3) is 0 Å². The highest BCUT2D eigenvalue weighted by Gasteiger charge is 2.30. The van der Waals surface area contributed by atoms with Crippen molar-refractivity contribution in [2.24, 2.45) is 10.7 Å². The summed E-state index contributed by atoms with van der Waals surface area (Å²) in [5, 5.41) is 3.02. The molecule has 0 aromatic heterocycles. The molecule has 0 aliphatic carbocycles. The van der Waals surface area contributed by atoms with Gasteiger partial charge in [-0.15, -0.1) is 0 Å². The fourth-order valence-corrected chi connectivity index (χ4v) is 1.94. The van der Waals surface area contributed by atoms with E-state index >= 15 is 0 Å². The predicted molar refractivity (Wildman–Crippen MR) is 78.0 cm³/mol. The van der Waals surface area contributed by atoms with E-state index in [1.807, 2.05) is 31.2 Å². The second-order valence-corrected chi connectivity index (χ2v) is 4.70. The van der Waals surface area contributed by atoms with E-state index in [2.05, 4.69) is 10.3 Å². The molecule has 6 nitrogen and oxygen atoms in total. The molecule has 1 aliphatic heterocycles. The molecule has 20 heavy (non-hydrogen) atoms. The summed E-state index contributed by atoms with van der Waals surface area (Å²) >= 11 is 0. The number of ether oxygens (including phenoxy) is 3. The van der Waals surface area contributed by atoms with Gasteiger partial charge in [0.2, 0.25) is 0 Å². The fraction of sp³-hybridized carbons (Fsp3) is 0.500. The minimum Gasteiger partial charge on any atom is -0.497 e. The number of nitrogens with two attached hydrogens (primary N) is 1. The van der Waals surface area contributed by atoms with E-state index in [4.69, 9.17) is 19.9 Å². The molecule has 1 aromatic carbocycles. The van der Waals surface area contributed by atoms with Crippen molar-refractivity contribution in [3.63, 3.8) is 0 Å². The van der Waals surface area contributed by atoms with E-state index in [0.717, 1.165) is 11.4 Å². The number of guanidine groups is 1. The van der Waals surface area contributed by atoms with Crippen LogP contribution in [0.15, 0.2) is 29.3 Å². The summed E-state index contributed by atoms with van der Waals surface area (Å²) in [7, 11) is 1.63. The van der Waals surface area contributed by atoms with E-state index < -0.39 is 5.79 Å².